The lowest BCUT2D eigenvalue weighted by molar-refractivity contribution is 1.29. The van der Waals surface area contributed by atoms with E-state index in [9.17, 15) is 0 Å². The number of fused-ring (bicyclic) bond motifs is 6. The summed E-state index contributed by atoms with van der Waals surface area (Å²) in [6.07, 6.45) is 0. The van der Waals surface area contributed by atoms with Gasteiger partial charge in [-0.05, 0) is 126 Å². The van der Waals surface area contributed by atoms with Crippen molar-refractivity contribution in [3.05, 3.63) is 249 Å². The van der Waals surface area contributed by atoms with Gasteiger partial charge in [0, 0.05) is 37.2 Å². The molecule has 11 aromatic carbocycles. The fourth-order valence-corrected chi connectivity index (χ4v) is 10.9. The van der Waals surface area contributed by atoms with Crippen molar-refractivity contribution < 1.29 is 0 Å². The fraction of sp³-hybridized carbons (Fsp3) is 0. The summed E-state index contributed by atoms with van der Waals surface area (Å²) < 4.78 is 2.62. The Hall–Kier alpha value is -8.04. The molecule has 0 bridgehead atoms. The number of hydrogen-bond acceptors (Lipinski definition) is 2. The minimum Gasteiger partial charge on any atom is -0.310 e. The SMILES string of the molecule is c1ccc(-c2cc(-c3ccccc3)cc(N(c3cccc(-c4cccc5c4sc4ccccc45)c3)c3ccc4c(c3)c(-c3ccccc3)c(-c3ccccc3)c3ccccc34)c2)cc1. The summed E-state index contributed by atoms with van der Waals surface area (Å²) in [7, 11) is 0. The summed E-state index contributed by atoms with van der Waals surface area (Å²) in [6.45, 7) is 0. The maximum atomic E-state index is 2.47. The summed E-state index contributed by atoms with van der Waals surface area (Å²) >= 11 is 1.88. The molecule has 0 radical (unpaired) electrons. The van der Waals surface area contributed by atoms with Gasteiger partial charge in [0.1, 0.15) is 0 Å². The molecule has 300 valence electrons. The van der Waals surface area contributed by atoms with Crippen molar-refractivity contribution >= 4 is 70.1 Å². The molecule has 0 spiro atoms. The average Bonchev–Trinajstić information content (AvgIpc) is 3.76. The predicted octanol–water partition coefficient (Wildman–Crippen LogP) is 18.2. The van der Waals surface area contributed by atoms with E-state index >= 15 is 0 Å². The van der Waals surface area contributed by atoms with Crippen LogP contribution in [-0.2, 0) is 0 Å². The van der Waals surface area contributed by atoms with E-state index in [2.05, 4.69) is 254 Å². The highest BCUT2D eigenvalue weighted by molar-refractivity contribution is 7.26. The second-order valence-corrected chi connectivity index (χ2v) is 17.5. The summed E-state index contributed by atoms with van der Waals surface area (Å²) in [5, 5.41) is 7.53. The molecule has 0 saturated heterocycles. The second kappa shape index (κ2) is 16.0. The Morgan fingerprint density at radius 1 is 0.250 bits per heavy atom. The van der Waals surface area contributed by atoms with Crippen LogP contribution in [0.3, 0.4) is 0 Å². The lowest BCUT2D eigenvalue weighted by atomic mass is 9.85. The Morgan fingerprint density at radius 2 is 0.719 bits per heavy atom. The zero-order valence-electron chi connectivity index (χ0n) is 35.0. The van der Waals surface area contributed by atoms with Crippen molar-refractivity contribution in [3.63, 3.8) is 0 Å². The number of nitrogens with zero attached hydrogens (tertiary/aromatic N) is 1. The van der Waals surface area contributed by atoms with Gasteiger partial charge in [0.05, 0.1) is 0 Å². The van der Waals surface area contributed by atoms with Crippen LogP contribution in [0.5, 0.6) is 0 Å². The van der Waals surface area contributed by atoms with Crippen LogP contribution in [0, 0.1) is 0 Å². The molecule has 0 saturated carbocycles. The average molecular weight is 832 g/mol. The van der Waals surface area contributed by atoms with Gasteiger partial charge in [0.2, 0.25) is 0 Å². The zero-order chi connectivity index (χ0) is 42.4. The summed E-state index contributed by atoms with van der Waals surface area (Å²) in [4.78, 5) is 2.47. The fourth-order valence-electron chi connectivity index (χ4n) is 9.70. The van der Waals surface area contributed by atoms with E-state index in [0.29, 0.717) is 0 Å². The summed E-state index contributed by atoms with van der Waals surface area (Å²) in [5.41, 5.74) is 15.2. The Kier molecular flexibility index (Phi) is 9.43. The van der Waals surface area contributed by atoms with Gasteiger partial charge in [-0.1, -0.05) is 200 Å². The first kappa shape index (κ1) is 37.7. The Balaban J connectivity index is 1.16. The van der Waals surface area contributed by atoms with E-state index in [1.165, 1.54) is 86.2 Å². The van der Waals surface area contributed by atoms with Crippen molar-refractivity contribution in [1.29, 1.82) is 0 Å². The first-order chi connectivity index (χ1) is 31.7. The van der Waals surface area contributed by atoms with Gasteiger partial charge in [-0.3, -0.25) is 0 Å². The minimum atomic E-state index is 1.08. The minimum absolute atomic E-state index is 1.08. The second-order valence-electron chi connectivity index (χ2n) is 16.4. The van der Waals surface area contributed by atoms with E-state index < -0.39 is 0 Å². The molecule has 0 fully saturated rings. The van der Waals surface area contributed by atoms with Crippen molar-refractivity contribution in [1.82, 2.24) is 0 Å². The smallest absolute Gasteiger partial charge is 0.0473 e. The molecule has 0 aliphatic carbocycles. The molecular formula is C62H41NS. The van der Waals surface area contributed by atoms with Crippen molar-refractivity contribution in [2.45, 2.75) is 0 Å². The lowest BCUT2D eigenvalue weighted by Gasteiger charge is -2.28. The standard InChI is InChI=1S/C62H41NS/c1-5-19-42(20-6-1)47-37-48(43-21-7-2-8-22-43)40-51(39-47)63(49-28-17-27-46(38-49)52-32-18-33-57-55-30-15-16-34-59(55)64-62(52)57)50-35-36-54-53-29-13-14-31-56(53)60(44-23-9-3-10-24-44)61(58(54)41-50)45-25-11-4-12-26-45/h1-41H. The predicted molar refractivity (Wildman–Crippen MR) is 276 cm³/mol. The Labute approximate surface area is 377 Å². The molecule has 2 heteroatoms. The first-order valence-electron chi connectivity index (χ1n) is 21.9. The van der Waals surface area contributed by atoms with E-state index in [1.807, 2.05) is 11.3 Å². The maximum absolute atomic E-state index is 2.47. The summed E-state index contributed by atoms with van der Waals surface area (Å²) in [6, 6.07) is 91.1. The van der Waals surface area contributed by atoms with Crippen molar-refractivity contribution in [2.75, 3.05) is 4.90 Å². The quantitative estimate of drug-likeness (QED) is 0.138. The number of thiophene rings is 1. The highest BCUT2D eigenvalue weighted by atomic mass is 32.1. The van der Waals surface area contributed by atoms with Crippen molar-refractivity contribution in [3.8, 4) is 55.6 Å². The molecule has 0 amide bonds. The number of benzene rings is 11. The Morgan fingerprint density at radius 3 is 1.38 bits per heavy atom. The molecule has 0 aliphatic rings. The lowest BCUT2D eigenvalue weighted by Crippen LogP contribution is -2.11. The van der Waals surface area contributed by atoms with Gasteiger partial charge in [0.15, 0.2) is 0 Å². The monoisotopic (exact) mass is 831 g/mol. The molecule has 1 aromatic heterocycles. The van der Waals surface area contributed by atoms with Crippen LogP contribution in [0.2, 0.25) is 0 Å². The molecule has 12 rings (SSSR count). The molecule has 0 unspecified atom stereocenters. The molecule has 0 atom stereocenters. The van der Waals surface area contributed by atoms with Gasteiger partial charge in [-0.25, -0.2) is 0 Å². The Bertz CT molecular complexity index is 3590. The molecular weight excluding hydrogens is 791 g/mol. The number of anilines is 3. The normalized spacial score (nSPS) is 11.4. The van der Waals surface area contributed by atoms with Gasteiger partial charge in [-0.15, -0.1) is 11.3 Å². The van der Waals surface area contributed by atoms with Crippen LogP contribution in [0.1, 0.15) is 0 Å². The zero-order valence-corrected chi connectivity index (χ0v) is 35.8. The number of rotatable bonds is 8. The van der Waals surface area contributed by atoms with Crippen LogP contribution in [0.25, 0.3) is 97.4 Å². The molecule has 12 aromatic rings. The van der Waals surface area contributed by atoms with E-state index in [4.69, 9.17) is 0 Å². The van der Waals surface area contributed by atoms with Gasteiger partial charge in [0.25, 0.3) is 0 Å². The van der Waals surface area contributed by atoms with Crippen LogP contribution in [-0.4, -0.2) is 0 Å². The van der Waals surface area contributed by atoms with Crippen LogP contribution in [0.4, 0.5) is 17.1 Å². The third-order valence-corrected chi connectivity index (χ3v) is 13.8. The van der Waals surface area contributed by atoms with E-state index in [-0.39, 0.29) is 0 Å². The first-order valence-corrected chi connectivity index (χ1v) is 22.7. The highest BCUT2D eigenvalue weighted by Gasteiger charge is 2.22. The van der Waals surface area contributed by atoms with Crippen molar-refractivity contribution in [2.24, 2.45) is 0 Å². The third kappa shape index (κ3) is 6.64. The van der Waals surface area contributed by atoms with E-state index in [1.54, 1.807) is 0 Å². The largest absolute Gasteiger partial charge is 0.310 e. The topological polar surface area (TPSA) is 3.24 Å². The molecule has 1 heterocycles. The van der Waals surface area contributed by atoms with Gasteiger partial charge < -0.3 is 4.90 Å². The van der Waals surface area contributed by atoms with Crippen LogP contribution < -0.4 is 4.90 Å². The molecule has 0 aliphatic heterocycles. The summed E-state index contributed by atoms with van der Waals surface area (Å²) in [5.74, 6) is 0. The van der Waals surface area contributed by atoms with Gasteiger partial charge in [-0.2, -0.15) is 0 Å². The number of hydrogen-bond donors (Lipinski definition) is 0. The van der Waals surface area contributed by atoms with Gasteiger partial charge >= 0.3 is 0 Å². The third-order valence-electron chi connectivity index (χ3n) is 12.6. The van der Waals surface area contributed by atoms with E-state index in [0.717, 1.165) is 28.2 Å². The molecule has 64 heavy (non-hydrogen) atoms. The van der Waals surface area contributed by atoms with Crippen LogP contribution >= 0.6 is 11.3 Å². The molecule has 0 N–H and O–H groups in total. The highest BCUT2D eigenvalue weighted by Crippen LogP contribution is 2.48. The maximum Gasteiger partial charge on any atom is 0.0473 e. The van der Waals surface area contributed by atoms with Crippen LogP contribution in [0.15, 0.2) is 249 Å². The molecule has 1 nitrogen and oxygen atoms in total.